The molecule has 63 heavy (non-hydrogen) atoms. The number of fused-ring (bicyclic) bond motifs is 13. The highest BCUT2D eigenvalue weighted by Crippen LogP contribution is 2.64. The van der Waals surface area contributed by atoms with Crippen molar-refractivity contribution in [3.05, 3.63) is 265 Å². The quantitative estimate of drug-likeness (QED) is 0.163. The Morgan fingerprint density at radius 3 is 1.52 bits per heavy atom. The summed E-state index contributed by atoms with van der Waals surface area (Å²) >= 11 is 0. The average Bonchev–Trinajstić information content (AvgIpc) is 3.97. The lowest BCUT2D eigenvalue weighted by atomic mass is 9.70. The molecule has 0 N–H and O–H groups in total. The van der Waals surface area contributed by atoms with Gasteiger partial charge in [0.15, 0.2) is 0 Å². The Balaban J connectivity index is 1.11. The van der Waals surface area contributed by atoms with E-state index in [0.29, 0.717) is 0 Å². The van der Waals surface area contributed by atoms with Gasteiger partial charge in [0, 0.05) is 33.4 Å². The molecule has 2 nitrogen and oxygen atoms in total. The number of benzene rings is 10. The molecule has 2 aliphatic rings. The van der Waals surface area contributed by atoms with Crippen LogP contribution in [0, 0.1) is 0 Å². The maximum Gasteiger partial charge on any atom is 0.0726 e. The van der Waals surface area contributed by atoms with Crippen molar-refractivity contribution in [3.8, 4) is 50.2 Å². The van der Waals surface area contributed by atoms with Gasteiger partial charge < -0.3 is 9.47 Å². The molecule has 2 aliphatic carbocycles. The van der Waals surface area contributed by atoms with Crippen molar-refractivity contribution >= 4 is 38.9 Å². The molecule has 11 aromatic rings. The smallest absolute Gasteiger partial charge is 0.0726 e. The van der Waals surface area contributed by atoms with Crippen LogP contribution in [0.15, 0.2) is 243 Å². The van der Waals surface area contributed by atoms with E-state index in [4.69, 9.17) is 0 Å². The molecule has 0 atom stereocenters. The van der Waals surface area contributed by atoms with Gasteiger partial charge in [-0.2, -0.15) is 0 Å². The van der Waals surface area contributed by atoms with Crippen LogP contribution in [0.1, 0.15) is 22.3 Å². The van der Waals surface area contributed by atoms with Crippen LogP contribution in [0.3, 0.4) is 0 Å². The predicted molar refractivity (Wildman–Crippen MR) is 263 cm³/mol. The molecule has 2 heteroatoms. The van der Waals surface area contributed by atoms with Crippen LogP contribution >= 0.6 is 0 Å². The Labute approximate surface area is 367 Å². The molecule has 1 aromatic heterocycles. The first kappa shape index (κ1) is 35.5. The molecule has 0 bridgehead atoms. The molecule has 294 valence electrons. The summed E-state index contributed by atoms with van der Waals surface area (Å²) in [5, 5.41) is 2.45. The number of para-hydroxylation sites is 1. The molecule has 13 rings (SSSR count). The largest absolute Gasteiger partial charge is 0.310 e. The van der Waals surface area contributed by atoms with Gasteiger partial charge in [0.2, 0.25) is 0 Å². The van der Waals surface area contributed by atoms with Gasteiger partial charge in [0.05, 0.1) is 22.1 Å². The van der Waals surface area contributed by atoms with Crippen LogP contribution < -0.4 is 4.90 Å². The van der Waals surface area contributed by atoms with Crippen molar-refractivity contribution in [2.75, 3.05) is 4.90 Å². The van der Waals surface area contributed by atoms with Gasteiger partial charge in [-0.15, -0.1) is 0 Å². The van der Waals surface area contributed by atoms with Gasteiger partial charge in [0.25, 0.3) is 0 Å². The Hall–Kier alpha value is -8.20. The highest BCUT2D eigenvalue weighted by molar-refractivity contribution is 6.17. The van der Waals surface area contributed by atoms with E-state index in [0.717, 1.165) is 22.7 Å². The van der Waals surface area contributed by atoms with E-state index < -0.39 is 5.41 Å². The minimum Gasteiger partial charge on any atom is -0.310 e. The molecule has 0 fully saturated rings. The first-order valence-corrected chi connectivity index (χ1v) is 21.9. The van der Waals surface area contributed by atoms with Crippen LogP contribution in [0.2, 0.25) is 0 Å². The number of aromatic nitrogens is 1. The number of rotatable bonds is 6. The standard InChI is InChI=1S/C61H40N2/c1-4-18-41(19-5-1)42-34-36-45(37-35-42)62(46-38-39-56-51(40-46)59-47(43-20-6-2-7-21-43)27-16-32-57(59)63(56)44-22-8-3-9-23-44)58-33-17-31-55-60(58)50-26-12-15-30-54(50)61(55)52-28-13-10-24-48(52)49-25-11-14-29-53(49)61/h1-40H. The fourth-order valence-corrected chi connectivity index (χ4v) is 11.1. The first-order chi connectivity index (χ1) is 31.3. The normalized spacial score (nSPS) is 12.9. The van der Waals surface area contributed by atoms with Crippen LogP contribution in [0.4, 0.5) is 17.1 Å². The van der Waals surface area contributed by atoms with Crippen molar-refractivity contribution in [2.45, 2.75) is 5.41 Å². The van der Waals surface area contributed by atoms with Gasteiger partial charge >= 0.3 is 0 Å². The maximum atomic E-state index is 2.51. The topological polar surface area (TPSA) is 8.17 Å². The summed E-state index contributed by atoms with van der Waals surface area (Å²) in [6.07, 6.45) is 0. The summed E-state index contributed by atoms with van der Waals surface area (Å²) in [6, 6.07) is 89.5. The first-order valence-electron chi connectivity index (χ1n) is 21.9. The van der Waals surface area contributed by atoms with E-state index in [1.165, 1.54) is 88.6 Å². The SMILES string of the molecule is c1ccc(-c2ccc(N(c3ccc4c(c3)c3c(-c5ccccc5)cccc3n4-c3ccccc3)c3cccc4c3-c3ccccc3C43c4ccccc4-c4ccccc43)cc2)cc1. The summed E-state index contributed by atoms with van der Waals surface area (Å²) in [5.74, 6) is 0. The Bertz CT molecular complexity index is 3500. The zero-order valence-corrected chi connectivity index (χ0v) is 34.5. The molecule has 0 aliphatic heterocycles. The molecule has 1 heterocycles. The zero-order valence-electron chi connectivity index (χ0n) is 34.5. The summed E-state index contributed by atoms with van der Waals surface area (Å²) in [6.45, 7) is 0. The minimum atomic E-state index is -0.449. The van der Waals surface area contributed by atoms with Crippen molar-refractivity contribution in [1.82, 2.24) is 4.57 Å². The van der Waals surface area contributed by atoms with E-state index in [-0.39, 0.29) is 0 Å². The number of hydrogen-bond donors (Lipinski definition) is 0. The Morgan fingerprint density at radius 2 is 0.841 bits per heavy atom. The molecule has 1 spiro atoms. The van der Waals surface area contributed by atoms with Crippen LogP contribution in [-0.4, -0.2) is 4.57 Å². The van der Waals surface area contributed by atoms with Gasteiger partial charge in [0.1, 0.15) is 0 Å². The van der Waals surface area contributed by atoms with Crippen molar-refractivity contribution in [1.29, 1.82) is 0 Å². The Morgan fingerprint density at radius 1 is 0.333 bits per heavy atom. The number of hydrogen-bond acceptors (Lipinski definition) is 1. The summed E-state index contributed by atoms with van der Waals surface area (Å²) in [4.78, 5) is 2.51. The van der Waals surface area contributed by atoms with E-state index in [2.05, 4.69) is 252 Å². The van der Waals surface area contributed by atoms with Gasteiger partial charge in [-0.3, -0.25) is 0 Å². The minimum absolute atomic E-state index is 0.449. The molecular formula is C61H40N2. The molecule has 0 radical (unpaired) electrons. The summed E-state index contributed by atoms with van der Waals surface area (Å²) in [5.41, 5.74) is 21.7. The highest BCUT2D eigenvalue weighted by Gasteiger charge is 2.52. The fraction of sp³-hybridized carbons (Fsp3) is 0.0164. The number of anilines is 3. The molecular weight excluding hydrogens is 761 g/mol. The lowest BCUT2D eigenvalue weighted by Crippen LogP contribution is -2.26. The van der Waals surface area contributed by atoms with E-state index in [9.17, 15) is 0 Å². The third-order valence-electron chi connectivity index (χ3n) is 13.6. The third kappa shape index (κ3) is 5.13. The summed E-state index contributed by atoms with van der Waals surface area (Å²) < 4.78 is 2.43. The van der Waals surface area contributed by atoms with Gasteiger partial charge in [-0.1, -0.05) is 188 Å². The molecule has 0 unspecified atom stereocenters. The van der Waals surface area contributed by atoms with Crippen molar-refractivity contribution in [3.63, 3.8) is 0 Å². The second-order valence-corrected chi connectivity index (χ2v) is 16.8. The lowest BCUT2D eigenvalue weighted by Gasteiger charge is -2.32. The van der Waals surface area contributed by atoms with Crippen LogP contribution in [-0.2, 0) is 5.41 Å². The van der Waals surface area contributed by atoms with Crippen LogP contribution in [0.25, 0.3) is 72.0 Å². The fourth-order valence-electron chi connectivity index (χ4n) is 11.1. The molecule has 0 amide bonds. The average molecular weight is 801 g/mol. The monoisotopic (exact) mass is 800 g/mol. The van der Waals surface area contributed by atoms with Crippen molar-refractivity contribution < 1.29 is 0 Å². The van der Waals surface area contributed by atoms with Gasteiger partial charge in [-0.25, -0.2) is 0 Å². The molecule has 10 aromatic carbocycles. The van der Waals surface area contributed by atoms with Crippen LogP contribution in [0.5, 0.6) is 0 Å². The predicted octanol–water partition coefficient (Wildman–Crippen LogP) is 15.9. The lowest BCUT2D eigenvalue weighted by molar-refractivity contribution is 0.794. The van der Waals surface area contributed by atoms with Crippen molar-refractivity contribution in [2.24, 2.45) is 0 Å². The van der Waals surface area contributed by atoms with E-state index >= 15 is 0 Å². The highest BCUT2D eigenvalue weighted by atomic mass is 15.1. The maximum absolute atomic E-state index is 2.51. The second-order valence-electron chi connectivity index (χ2n) is 16.8. The summed E-state index contributed by atoms with van der Waals surface area (Å²) in [7, 11) is 0. The van der Waals surface area contributed by atoms with E-state index in [1.54, 1.807) is 0 Å². The van der Waals surface area contributed by atoms with E-state index in [1.807, 2.05) is 0 Å². The number of nitrogens with zero attached hydrogens (tertiary/aromatic N) is 2. The second kappa shape index (κ2) is 13.9. The molecule has 0 saturated heterocycles. The zero-order chi connectivity index (χ0) is 41.5. The Kier molecular flexibility index (Phi) is 7.85. The third-order valence-corrected chi connectivity index (χ3v) is 13.6. The van der Waals surface area contributed by atoms with Gasteiger partial charge in [-0.05, 0) is 116 Å². The molecule has 0 saturated carbocycles.